The summed E-state index contributed by atoms with van der Waals surface area (Å²) in [7, 11) is 0. The van der Waals surface area contributed by atoms with Gasteiger partial charge in [0, 0.05) is 18.7 Å². The minimum absolute atomic E-state index is 0.0222. The molecular formula is C18H20N8O3. The fourth-order valence-electron chi connectivity index (χ4n) is 3.12. The lowest BCUT2D eigenvalue weighted by Gasteiger charge is -2.27. The quantitative estimate of drug-likeness (QED) is 0.448. The zero-order chi connectivity index (χ0) is 20.4. The number of nitrogens with two attached hydrogens (primary N) is 2. The summed E-state index contributed by atoms with van der Waals surface area (Å²) in [4.78, 5) is 22.3. The number of fused-ring (bicyclic) bond motifs is 1. The van der Waals surface area contributed by atoms with E-state index in [1.54, 1.807) is 23.1 Å². The highest BCUT2D eigenvalue weighted by Crippen LogP contribution is 2.26. The molecular weight excluding hydrogens is 376 g/mol. The van der Waals surface area contributed by atoms with E-state index >= 15 is 0 Å². The smallest absolute Gasteiger partial charge is 0.242 e. The highest BCUT2D eigenvalue weighted by molar-refractivity contribution is 6.17. The molecule has 0 radical (unpaired) electrons. The molecule has 4 rings (SSSR count). The van der Waals surface area contributed by atoms with Crippen LogP contribution >= 0.6 is 0 Å². The number of carbonyl (C=O) groups excluding carboxylic acids is 1. The third-order valence-corrected chi connectivity index (χ3v) is 4.68. The summed E-state index contributed by atoms with van der Waals surface area (Å²) in [5, 5.41) is 15.9. The van der Waals surface area contributed by atoms with Gasteiger partial charge in [0.1, 0.15) is 18.0 Å². The van der Waals surface area contributed by atoms with Gasteiger partial charge in [0.25, 0.3) is 0 Å². The minimum atomic E-state index is -0.0818. The number of benzene rings is 1. The Balaban J connectivity index is 1.58. The average Bonchev–Trinajstić information content (AvgIpc) is 3.12. The number of hydrogen-bond donors (Lipinski definition) is 4. The largest absolute Gasteiger partial charge is 0.383 e. The maximum atomic E-state index is 12.4. The highest BCUT2D eigenvalue weighted by Gasteiger charge is 2.20. The van der Waals surface area contributed by atoms with Gasteiger partial charge in [0.05, 0.1) is 36.4 Å². The Morgan fingerprint density at radius 3 is 2.79 bits per heavy atom. The Bertz CT molecular complexity index is 1070. The molecule has 0 atom stereocenters. The van der Waals surface area contributed by atoms with Crippen molar-refractivity contribution in [2.75, 3.05) is 49.6 Å². The van der Waals surface area contributed by atoms with Crippen molar-refractivity contribution in [1.82, 2.24) is 20.0 Å². The van der Waals surface area contributed by atoms with Crippen LogP contribution in [0, 0.1) is 5.41 Å². The normalized spacial score (nSPS) is 14.1. The summed E-state index contributed by atoms with van der Waals surface area (Å²) in [5.74, 6) is 0.593. The van der Waals surface area contributed by atoms with Crippen LogP contribution in [0.15, 0.2) is 29.0 Å². The van der Waals surface area contributed by atoms with E-state index in [0.29, 0.717) is 54.2 Å². The van der Waals surface area contributed by atoms with Crippen LogP contribution in [0.25, 0.3) is 11.0 Å². The lowest BCUT2D eigenvalue weighted by Crippen LogP contribution is -2.43. The van der Waals surface area contributed by atoms with E-state index in [1.165, 1.54) is 6.33 Å². The summed E-state index contributed by atoms with van der Waals surface area (Å²) in [6, 6.07) is 5.07. The molecule has 3 heterocycles. The van der Waals surface area contributed by atoms with Gasteiger partial charge in [-0.1, -0.05) is 5.16 Å². The Kier molecular flexibility index (Phi) is 4.96. The highest BCUT2D eigenvalue weighted by atomic mass is 16.5. The summed E-state index contributed by atoms with van der Waals surface area (Å²) < 4.78 is 10.4. The van der Waals surface area contributed by atoms with Gasteiger partial charge in [-0.2, -0.15) is 0 Å². The lowest BCUT2D eigenvalue weighted by molar-refractivity contribution is -0.133. The van der Waals surface area contributed by atoms with Crippen molar-refractivity contribution in [3.05, 3.63) is 35.7 Å². The van der Waals surface area contributed by atoms with E-state index < -0.39 is 0 Å². The number of nitrogens with one attached hydrogen (secondary N) is 2. The van der Waals surface area contributed by atoms with Gasteiger partial charge in [0.15, 0.2) is 11.4 Å². The molecule has 3 aromatic rings. The zero-order valence-electron chi connectivity index (χ0n) is 15.5. The Hall–Kier alpha value is -3.73. The zero-order valence-corrected chi connectivity index (χ0v) is 15.5. The third-order valence-electron chi connectivity index (χ3n) is 4.68. The van der Waals surface area contributed by atoms with Gasteiger partial charge in [-0.25, -0.2) is 9.97 Å². The molecule has 1 saturated heterocycles. The van der Waals surface area contributed by atoms with E-state index in [-0.39, 0.29) is 29.8 Å². The Labute approximate surface area is 165 Å². The number of rotatable bonds is 5. The molecule has 0 unspecified atom stereocenters. The first-order valence-electron chi connectivity index (χ1n) is 8.98. The molecule has 0 aliphatic carbocycles. The number of carbonyl (C=O) groups is 1. The second-order valence-corrected chi connectivity index (χ2v) is 6.48. The topological polar surface area (TPSA) is 169 Å². The molecule has 29 heavy (non-hydrogen) atoms. The van der Waals surface area contributed by atoms with Crippen LogP contribution in [0.2, 0.25) is 0 Å². The van der Waals surface area contributed by atoms with Crippen LogP contribution in [-0.4, -0.2) is 64.5 Å². The van der Waals surface area contributed by atoms with Crippen molar-refractivity contribution in [3.8, 4) is 0 Å². The molecule has 1 aliphatic rings. The van der Waals surface area contributed by atoms with Crippen molar-refractivity contribution >= 4 is 40.0 Å². The summed E-state index contributed by atoms with van der Waals surface area (Å²) in [6.07, 6.45) is 1.29. The van der Waals surface area contributed by atoms with Crippen LogP contribution in [0.5, 0.6) is 0 Å². The first kappa shape index (κ1) is 18.6. The minimum Gasteiger partial charge on any atom is -0.383 e. The molecule has 1 aromatic carbocycles. The molecule has 1 amide bonds. The van der Waals surface area contributed by atoms with Gasteiger partial charge < -0.3 is 30.9 Å². The van der Waals surface area contributed by atoms with Gasteiger partial charge in [-0.15, -0.1) is 0 Å². The van der Waals surface area contributed by atoms with E-state index in [1.807, 2.05) is 0 Å². The maximum Gasteiger partial charge on any atom is 0.242 e. The molecule has 0 spiro atoms. The number of nitrogens with zero attached hydrogens (tertiary/aromatic N) is 4. The van der Waals surface area contributed by atoms with Crippen molar-refractivity contribution < 1.29 is 14.1 Å². The van der Waals surface area contributed by atoms with E-state index in [2.05, 4.69) is 20.4 Å². The van der Waals surface area contributed by atoms with Crippen LogP contribution < -0.4 is 16.8 Å². The fourth-order valence-corrected chi connectivity index (χ4v) is 3.12. The summed E-state index contributed by atoms with van der Waals surface area (Å²) >= 11 is 0. The van der Waals surface area contributed by atoms with Crippen molar-refractivity contribution in [3.63, 3.8) is 0 Å². The molecule has 0 saturated carbocycles. The van der Waals surface area contributed by atoms with E-state index in [0.717, 1.165) is 0 Å². The molecule has 0 bridgehead atoms. The number of nitrogen functional groups attached to an aromatic ring is 2. The van der Waals surface area contributed by atoms with E-state index in [4.69, 9.17) is 26.1 Å². The van der Waals surface area contributed by atoms with Gasteiger partial charge in [-0.3, -0.25) is 10.2 Å². The first-order chi connectivity index (χ1) is 14.0. The van der Waals surface area contributed by atoms with Gasteiger partial charge in [-0.05, 0) is 18.2 Å². The number of hydrogen-bond acceptors (Lipinski definition) is 10. The van der Waals surface area contributed by atoms with Crippen LogP contribution in [0.3, 0.4) is 0 Å². The Morgan fingerprint density at radius 1 is 1.21 bits per heavy atom. The number of anilines is 3. The first-order valence-corrected chi connectivity index (χ1v) is 8.98. The standard InChI is InChI=1S/C18H20N8O3/c19-15(10-1-2-12-11(7-10)16(20)25-29-12)14-17(21)23-9-24-18(14)22-8-13(27)26-3-5-28-6-4-26/h1-2,7,9,19H,3-6,8H2,(H2,20,25)(H3,21,22,23,24). The van der Waals surface area contributed by atoms with Crippen molar-refractivity contribution in [2.24, 2.45) is 0 Å². The number of ether oxygens (including phenoxy) is 1. The second-order valence-electron chi connectivity index (χ2n) is 6.48. The number of amides is 1. The fraction of sp³-hybridized carbons (Fsp3) is 0.278. The average molecular weight is 396 g/mol. The van der Waals surface area contributed by atoms with E-state index in [9.17, 15) is 4.79 Å². The maximum absolute atomic E-state index is 12.4. The predicted octanol–water partition coefficient (Wildman–Crippen LogP) is 0.469. The van der Waals surface area contributed by atoms with Crippen molar-refractivity contribution in [1.29, 1.82) is 5.41 Å². The molecule has 11 heteroatoms. The second kappa shape index (κ2) is 7.72. The van der Waals surface area contributed by atoms with Crippen molar-refractivity contribution in [2.45, 2.75) is 0 Å². The van der Waals surface area contributed by atoms with Gasteiger partial charge >= 0.3 is 0 Å². The molecule has 6 N–H and O–H groups in total. The predicted molar refractivity (Wildman–Crippen MR) is 107 cm³/mol. The summed E-state index contributed by atoms with van der Waals surface area (Å²) in [6.45, 7) is 2.17. The number of morpholine rings is 1. The molecule has 150 valence electrons. The number of aromatic nitrogens is 3. The molecule has 2 aromatic heterocycles. The third kappa shape index (κ3) is 3.67. The monoisotopic (exact) mass is 396 g/mol. The lowest BCUT2D eigenvalue weighted by atomic mass is 10.0. The van der Waals surface area contributed by atoms with Crippen LogP contribution in [0.1, 0.15) is 11.1 Å². The SMILES string of the molecule is N=C(c1ccc2onc(N)c2c1)c1c(N)ncnc1NCC(=O)N1CCOCC1. The van der Waals surface area contributed by atoms with Crippen LogP contribution in [-0.2, 0) is 9.53 Å². The van der Waals surface area contributed by atoms with Crippen LogP contribution in [0.4, 0.5) is 17.5 Å². The molecule has 11 nitrogen and oxygen atoms in total. The molecule has 1 aliphatic heterocycles. The molecule has 1 fully saturated rings. The van der Waals surface area contributed by atoms with Gasteiger partial charge in [0.2, 0.25) is 5.91 Å². The summed E-state index contributed by atoms with van der Waals surface area (Å²) in [5.41, 5.74) is 13.3. The Morgan fingerprint density at radius 2 is 2.00 bits per heavy atom.